The number of fused-ring (bicyclic) bond motifs is 1. The van der Waals surface area contributed by atoms with Gasteiger partial charge in [-0.3, -0.25) is 10.2 Å². The number of carbonyl (C=O) groups is 1. The molecule has 0 spiro atoms. The van der Waals surface area contributed by atoms with Crippen molar-refractivity contribution in [2.75, 3.05) is 10.7 Å². The van der Waals surface area contributed by atoms with Crippen LogP contribution in [0.1, 0.15) is 13.3 Å². The number of anilines is 2. The van der Waals surface area contributed by atoms with Gasteiger partial charge in [0.2, 0.25) is 5.91 Å². The van der Waals surface area contributed by atoms with Crippen LogP contribution in [0.15, 0.2) is 12.1 Å². The van der Waals surface area contributed by atoms with E-state index in [1.54, 1.807) is 13.0 Å². The maximum Gasteiger partial charge on any atom is 0.224 e. The molecular weight excluding hydrogens is 260 g/mol. The number of nitrogens with zero attached hydrogens (tertiary/aromatic N) is 1. The minimum atomic E-state index is -0.0536. The van der Waals surface area contributed by atoms with Crippen molar-refractivity contribution in [3.05, 3.63) is 17.2 Å². The summed E-state index contributed by atoms with van der Waals surface area (Å²) in [6, 6.07) is 3.50. The molecule has 5 nitrogen and oxygen atoms in total. The highest BCUT2D eigenvalue weighted by atomic mass is 35.5. The number of nitrogen functional groups attached to an aromatic ring is 1. The van der Waals surface area contributed by atoms with E-state index in [9.17, 15) is 4.79 Å². The molecule has 0 saturated heterocycles. The number of benzene rings is 1. The number of hydrogen-bond acceptors (Lipinski definition) is 5. The van der Waals surface area contributed by atoms with Crippen molar-refractivity contribution in [2.45, 2.75) is 13.3 Å². The van der Waals surface area contributed by atoms with Gasteiger partial charge in [0, 0.05) is 12.1 Å². The van der Waals surface area contributed by atoms with Gasteiger partial charge < -0.3 is 5.32 Å². The van der Waals surface area contributed by atoms with Crippen molar-refractivity contribution < 1.29 is 4.79 Å². The Morgan fingerprint density at radius 3 is 3.00 bits per heavy atom. The van der Waals surface area contributed by atoms with Crippen molar-refractivity contribution in [3.8, 4) is 0 Å². The summed E-state index contributed by atoms with van der Waals surface area (Å²) < 4.78 is 0.872. The number of aromatic nitrogens is 1. The van der Waals surface area contributed by atoms with Gasteiger partial charge in [-0.2, -0.15) is 0 Å². The smallest absolute Gasteiger partial charge is 0.224 e. The summed E-state index contributed by atoms with van der Waals surface area (Å²) in [7, 11) is 0. The summed E-state index contributed by atoms with van der Waals surface area (Å²) in [5.74, 6) is 5.24. The molecule has 1 aromatic carbocycles. The number of hydrazine groups is 1. The van der Waals surface area contributed by atoms with Crippen molar-refractivity contribution >= 4 is 49.9 Å². The van der Waals surface area contributed by atoms with Gasteiger partial charge in [0.15, 0.2) is 5.13 Å². The second-order valence-electron chi connectivity index (χ2n) is 3.37. The summed E-state index contributed by atoms with van der Waals surface area (Å²) in [5, 5.41) is 3.83. The Morgan fingerprint density at radius 1 is 1.59 bits per heavy atom. The average molecular weight is 271 g/mol. The standard InChI is InChI=1S/C10H11ClN4OS/c1-2-8(16)13-5-3-6(11)9-7(4-5)17-10(14-9)15-12/h3-4H,2,12H2,1H3,(H,13,16)(H,14,15). The molecule has 0 radical (unpaired) electrons. The van der Waals surface area contributed by atoms with Gasteiger partial charge in [-0.15, -0.1) is 0 Å². The third kappa shape index (κ3) is 2.49. The molecule has 4 N–H and O–H groups in total. The number of halogens is 1. The summed E-state index contributed by atoms with van der Waals surface area (Å²) in [6.45, 7) is 1.79. The first kappa shape index (κ1) is 12.1. The molecule has 0 atom stereocenters. The lowest BCUT2D eigenvalue weighted by atomic mass is 10.3. The summed E-state index contributed by atoms with van der Waals surface area (Å²) in [6.07, 6.45) is 0.425. The van der Waals surface area contributed by atoms with Gasteiger partial charge >= 0.3 is 0 Å². The maximum atomic E-state index is 11.3. The Hall–Kier alpha value is -1.37. The summed E-state index contributed by atoms with van der Waals surface area (Å²) in [4.78, 5) is 15.5. The second kappa shape index (κ2) is 4.87. The zero-order valence-electron chi connectivity index (χ0n) is 9.08. The van der Waals surface area contributed by atoms with Crippen LogP contribution in [0, 0.1) is 0 Å². The molecule has 0 aliphatic rings. The van der Waals surface area contributed by atoms with Gasteiger partial charge in [-0.05, 0) is 12.1 Å². The molecule has 2 rings (SSSR count). The number of carbonyl (C=O) groups excluding carboxylic acids is 1. The molecule has 0 saturated carbocycles. The fourth-order valence-electron chi connectivity index (χ4n) is 1.37. The highest BCUT2D eigenvalue weighted by molar-refractivity contribution is 7.22. The molecule has 0 unspecified atom stereocenters. The second-order valence-corrected chi connectivity index (χ2v) is 4.81. The first-order valence-electron chi connectivity index (χ1n) is 5.00. The van der Waals surface area contributed by atoms with Crippen LogP contribution in [0.4, 0.5) is 10.8 Å². The fraction of sp³-hybridized carbons (Fsp3) is 0.200. The minimum Gasteiger partial charge on any atom is -0.326 e. The van der Waals surface area contributed by atoms with Crippen LogP contribution >= 0.6 is 22.9 Å². The van der Waals surface area contributed by atoms with Gasteiger partial charge in [-0.1, -0.05) is 29.9 Å². The van der Waals surface area contributed by atoms with E-state index >= 15 is 0 Å². The molecule has 0 bridgehead atoms. The van der Waals surface area contributed by atoms with E-state index in [1.165, 1.54) is 11.3 Å². The number of rotatable bonds is 3. The van der Waals surface area contributed by atoms with Crippen LogP contribution in [0.25, 0.3) is 10.2 Å². The van der Waals surface area contributed by atoms with E-state index in [-0.39, 0.29) is 5.91 Å². The molecule has 90 valence electrons. The lowest BCUT2D eigenvalue weighted by Gasteiger charge is -2.03. The van der Waals surface area contributed by atoms with Crippen molar-refractivity contribution in [1.82, 2.24) is 4.98 Å². The molecular formula is C10H11ClN4OS. The largest absolute Gasteiger partial charge is 0.326 e. The molecule has 7 heteroatoms. The topological polar surface area (TPSA) is 80.0 Å². The first-order valence-corrected chi connectivity index (χ1v) is 6.20. The quantitative estimate of drug-likeness (QED) is 0.592. The van der Waals surface area contributed by atoms with E-state index in [0.717, 1.165) is 4.70 Å². The van der Waals surface area contributed by atoms with E-state index in [0.29, 0.717) is 27.8 Å². The van der Waals surface area contributed by atoms with Crippen LogP contribution in [0.3, 0.4) is 0 Å². The third-order valence-corrected chi connectivity index (χ3v) is 3.40. The minimum absolute atomic E-state index is 0.0536. The van der Waals surface area contributed by atoms with Crippen LogP contribution in [0.2, 0.25) is 5.02 Å². The molecule has 17 heavy (non-hydrogen) atoms. The summed E-state index contributed by atoms with van der Waals surface area (Å²) >= 11 is 7.46. The zero-order valence-corrected chi connectivity index (χ0v) is 10.7. The first-order chi connectivity index (χ1) is 8.13. The predicted octanol–water partition coefficient (Wildman–Crippen LogP) is 2.58. The molecule has 0 aliphatic carbocycles. The van der Waals surface area contributed by atoms with E-state index < -0.39 is 0 Å². The van der Waals surface area contributed by atoms with Crippen molar-refractivity contribution in [2.24, 2.45) is 5.84 Å². The molecule has 1 aromatic heterocycles. The Balaban J connectivity index is 2.43. The van der Waals surface area contributed by atoms with Crippen LogP contribution in [-0.2, 0) is 4.79 Å². The molecule has 0 aliphatic heterocycles. The number of amides is 1. The highest BCUT2D eigenvalue weighted by Gasteiger charge is 2.09. The molecule has 1 amide bonds. The SMILES string of the molecule is CCC(=O)Nc1cc(Cl)c2nc(NN)sc2c1. The lowest BCUT2D eigenvalue weighted by Crippen LogP contribution is -2.09. The molecule has 0 fully saturated rings. The predicted molar refractivity (Wildman–Crippen MR) is 71.4 cm³/mol. The monoisotopic (exact) mass is 270 g/mol. The number of nitrogens with two attached hydrogens (primary N) is 1. The van der Waals surface area contributed by atoms with E-state index in [4.69, 9.17) is 17.4 Å². The highest BCUT2D eigenvalue weighted by Crippen LogP contribution is 2.33. The van der Waals surface area contributed by atoms with Crippen LogP contribution in [-0.4, -0.2) is 10.9 Å². The number of nitrogens with one attached hydrogen (secondary N) is 2. The van der Waals surface area contributed by atoms with E-state index in [1.807, 2.05) is 6.07 Å². The molecule has 2 aromatic rings. The van der Waals surface area contributed by atoms with Crippen LogP contribution < -0.4 is 16.6 Å². The van der Waals surface area contributed by atoms with Crippen LogP contribution in [0.5, 0.6) is 0 Å². The van der Waals surface area contributed by atoms with Gasteiger partial charge in [0.05, 0.1) is 9.72 Å². The Kier molecular flexibility index (Phi) is 3.46. The van der Waals surface area contributed by atoms with Crippen molar-refractivity contribution in [1.29, 1.82) is 0 Å². The molecule has 1 heterocycles. The average Bonchev–Trinajstić information content (AvgIpc) is 2.72. The van der Waals surface area contributed by atoms with Gasteiger partial charge in [-0.25, -0.2) is 10.8 Å². The fourth-order valence-corrected chi connectivity index (χ4v) is 2.53. The number of thiazole rings is 1. The third-order valence-electron chi connectivity index (χ3n) is 2.18. The zero-order chi connectivity index (χ0) is 12.4. The summed E-state index contributed by atoms with van der Waals surface area (Å²) in [5.41, 5.74) is 3.82. The van der Waals surface area contributed by atoms with Crippen molar-refractivity contribution in [3.63, 3.8) is 0 Å². The maximum absolute atomic E-state index is 11.3. The van der Waals surface area contributed by atoms with E-state index in [2.05, 4.69) is 15.7 Å². The Labute approximate surface area is 107 Å². The van der Waals surface area contributed by atoms with Gasteiger partial charge in [0.1, 0.15) is 5.52 Å². The van der Waals surface area contributed by atoms with Gasteiger partial charge in [0.25, 0.3) is 0 Å². The lowest BCUT2D eigenvalue weighted by molar-refractivity contribution is -0.115. The normalized spacial score (nSPS) is 10.5. The Morgan fingerprint density at radius 2 is 2.35 bits per heavy atom. The Bertz CT molecular complexity index is 569. The number of hydrogen-bond donors (Lipinski definition) is 3.